The van der Waals surface area contributed by atoms with Crippen molar-refractivity contribution in [3.63, 3.8) is 0 Å². The van der Waals surface area contributed by atoms with Gasteiger partial charge in [0.25, 0.3) is 0 Å². The van der Waals surface area contributed by atoms with Crippen LogP contribution in [0.2, 0.25) is 0 Å². The molecule has 106 valence electrons. The summed E-state index contributed by atoms with van der Waals surface area (Å²) in [7, 11) is 0. The van der Waals surface area contributed by atoms with Crippen molar-refractivity contribution in [3.05, 3.63) is 23.9 Å². The van der Waals surface area contributed by atoms with E-state index in [-0.39, 0.29) is 18.6 Å². The third-order valence-corrected chi connectivity index (χ3v) is 2.17. The molecule has 1 rings (SSSR count). The molecule has 0 saturated heterocycles. The molecule has 0 saturated carbocycles. The zero-order chi connectivity index (χ0) is 14.1. The smallest absolute Gasteiger partial charge is 0.246 e. The molecule has 6 nitrogen and oxygen atoms in total. The van der Waals surface area contributed by atoms with E-state index >= 15 is 0 Å². The number of carbonyl (C=O) groups is 1. The van der Waals surface area contributed by atoms with Gasteiger partial charge in [-0.3, -0.25) is 4.79 Å². The Bertz CT molecular complexity index is 396. The highest BCUT2D eigenvalue weighted by atomic mass is 16.5. The molecular formula is C13H21N3O3. The van der Waals surface area contributed by atoms with Gasteiger partial charge in [0.05, 0.1) is 12.7 Å². The highest BCUT2D eigenvalue weighted by Gasteiger charge is 2.08. The first-order valence-corrected chi connectivity index (χ1v) is 6.28. The summed E-state index contributed by atoms with van der Waals surface area (Å²) in [5.74, 6) is 0.355. The number of aromatic nitrogens is 1. The van der Waals surface area contributed by atoms with Crippen molar-refractivity contribution in [1.82, 2.24) is 10.3 Å². The Labute approximate surface area is 113 Å². The number of hydrogen-bond acceptors (Lipinski definition) is 5. The minimum atomic E-state index is -0.187. The Balaban J connectivity index is 2.46. The van der Waals surface area contributed by atoms with E-state index in [1.165, 1.54) is 0 Å². The first kappa shape index (κ1) is 15.4. The van der Waals surface area contributed by atoms with Gasteiger partial charge in [0, 0.05) is 24.8 Å². The molecule has 0 fully saturated rings. The van der Waals surface area contributed by atoms with Gasteiger partial charge in [0.2, 0.25) is 11.8 Å². The second kappa shape index (κ2) is 8.44. The Morgan fingerprint density at radius 3 is 3.00 bits per heavy atom. The SMILES string of the molecule is CC(C)Oc1ncccc1CNC(=O)COCCN. The van der Waals surface area contributed by atoms with Gasteiger partial charge in [-0.2, -0.15) is 0 Å². The van der Waals surface area contributed by atoms with Gasteiger partial charge in [-0.05, 0) is 19.9 Å². The molecule has 0 unspecified atom stereocenters. The van der Waals surface area contributed by atoms with E-state index in [2.05, 4.69) is 10.3 Å². The van der Waals surface area contributed by atoms with Crippen LogP contribution in [0.25, 0.3) is 0 Å². The van der Waals surface area contributed by atoms with Crippen LogP contribution in [0, 0.1) is 0 Å². The zero-order valence-electron chi connectivity index (χ0n) is 11.4. The molecule has 19 heavy (non-hydrogen) atoms. The van der Waals surface area contributed by atoms with Crippen LogP contribution in [-0.2, 0) is 16.1 Å². The Kier molecular flexibility index (Phi) is 6.84. The van der Waals surface area contributed by atoms with Crippen LogP contribution in [0.5, 0.6) is 5.88 Å². The largest absolute Gasteiger partial charge is 0.475 e. The minimum absolute atomic E-state index is 0.0117. The number of nitrogens with zero attached hydrogens (tertiary/aromatic N) is 1. The normalized spacial score (nSPS) is 10.5. The van der Waals surface area contributed by atoms with Gasteiger partial charge in [-0.1, -0.05) is 6.07 Å². The van der Waals surface area contributed by atoms with E-state index < -0.39 is 0 Å². The molecule has 6 heteroatoms. The van der Waals surface area contributed by atoms with Crippen molar-refractivity contribution in [1.29, 1.82) is 0 Å². The summed E-state index contributed by atoms with van der Waals surface area (Å²) in [4.78, 5) is 15.6. The third-order valence-electron chi connectivity index (χ3n) is 2.17. The van der Waals surface area contributed by atoms with E-state index in [1.54, 1.807) is 12.3 Å². The van der Waals surface area contributed by atoms with Crippen molar-refractivity contribution in [2.45, 2.75) is 26.5 Å². The van der Waals surface area contributed by atoms with Crippen molar-refractivity contribution >= 4 is 5.91 Å². The van der Waals surface area contributed by atoms with Crippen molar-refractivity contribution < 1.29 is 14.3 Å². The lowest BCUT2D eigenvalue weighted by atomic mass is 10.2. The van der Waals surface area contributed by atoms with E-state index in [0.717, 1.165) is 5.56 Å². The minimum Gasteiger partial charge on any atom is -0.475 e. The lowest BCUT2D eigenvalue weighted by Crippen LogP contribution is -2.28. The summed E-state index contributed by atoms with van der Waals surface area (Å²) in [6.07, 6.45) is 1.70. The molecule has 0 bridgehead atoms. The lowest BCUT2D eigenvalue weighted by Gasteiger charge is -2.13. The Morgan fingerprint density at radius 1 is 1.53 bits per heavy atom. The molecule has 3 N–H and O–H groups in total. The van der Waals surface area contributed by atoms with E-state index in [0.29, 0.717) is 25.6 Å². The van der Waals surface area contributed by atoms with Gasteiger partial charge in [0.15, 0.2) is 0 Å². The van der Waals surface area contributed by atoms with Crippen LogP contribution in [0.4, 0.5) is 0 Å². The number of carbonyl (C=O) groups excluding carboxylic acids is 1. The predicted octanol–water partition coefficient (Wildman–Crippen LogP) is 0.460. The van der Waals surface area contributed by atoms with Crippen molar-refractivity contribution in [3.8, 4) is 5.88 Å². The molecule has 1 heterocycles. The van der Waals surface area contributed by atoms with Crippen molar-refractivity contribution in [2.24, 2.45) is 5.73 Å². The van der Waals surface area contributed by atoms with Crippen LogP contribution in [0.3, 0.4) is 0 Å². The maximum atomic E-state index is 11.5. The van der Waals surface area contributed by atoms with Crippen LogP contribution < -0.4 is 15.8 Å². The summed E-state index contributed by atoms with van der Waals surface area (Å²) in [5.41, 5.74) is 6.10. The zero-order valence-corrected chi connectivity index (χ0v) is 11.4. The maximum absolute atomic E-state index is 11.5. The molecule has 0 radical (unpaired) electrons. The molecule has 0 aliphatic carbocycles. The molecule has 0 spiro atoms. The Morgan fingerprint density at radius 2 is 2.32 bits per heavy atom. The molecule has 0 aromatic carbocycles. The Hall–Kier alpha value is -1.66. The van der Waals surface area contributed by atoms with Gasteiger partial charge in [-0.25, -0.2) is 4.98 Å². The van der Waals surface area contributed by atoms with Crippen LogP contribution in [0.15, 0.2) is 18.3 Å². The van der Waals surface area contributed by atoms with Gasteiger partial charge in [0.1, 0.15) is 6.61 Å². The maximum Gasteiger partial charge on any atom is 0.246 e. The summed E-state index contributed by atoms with van der Waals surface area (Å²) < 4.78 is 10.6. The second-order valence-corrected chi connectivity index (χ2v) is 4.25. The van der Waals surface area contributed by atoms with Gasteiger partial charge in [-0.15, -0.1) is 0 Å². The fourth-order valence-corrected chi connectivity index (χ4v) is 1.38. The topological polar surface area (TPSA) is 86.5 Å². The number of ether oxygens (including phenoxy) is 2. The van der Waals surface area contributed by atoms with Crippen molar-refractivity contribution in [2.75, 3.05) is 19.8 Å². The predicted molar refractivity (Wildman–Crippen MR) is 71.7 cm³/mol. The highest BCUT2D eigenvalue weighted by Crippen LogP contribution is 2.15. The van der Waals surface area contributed by atoms with E-state index in [9.17, 15) is 4.79 Å². The molecule has 0 aliphatic rings. The number of amides is 1. The molecular weight excluding hydrogens is 246 g/mol. The van der Waals surface area contributed by atoms with Crippen LogP contribution in [0.1, 0.15) is 19.4 Å². The molecule has 0 aliphatic heterocycles. The van der Waals surface area contributed by atoms with Gasteiger partial charge >= 0.3 is 0 Å². The van der Waals surface area contributed by atoms with Crippen LogP contribution in [-0.4, -0.2) is 36.8 Å². The average molecular weight is 267 g/mol. The number of nitrogens with two attached hydrogens (primary N) is 1. The quantitative estimate of drug-likeness (QED) is 0.668. The molecule has 1 aromatic heterocycles. The third kappa shape index (κ3) is 6.17. The lowest BCUT2D eigenvalue weighted by molar-refractivity contribution is -0.125. The first-order chi connectivity index (χ1) is 9.13. The average Bonchev–Trinajstić information content (AvgIpc) is 2.37. The monoisotopic (exact) mass is 267 g/mol. The molecule has 1 amide bonds. The summed E-state index contributed by atoms with van der Waals surface area (Å²) >= 11 is 0. The fourth-order valence-electron chi connectivity index (χ4n) is 1.38. The highest BCUT2D eigenvalue weighted by molar-refractivity contribution is 5.77. The van der Waals surface area contributed by atoms with E-state index in [4.69, 9.17) is 15.2 Å². The number of pyridine rings is 1. The first-order valence-electron chi connectivity index (χ1n) is 6.28. The number of hydrogen-bond donors (Lipinski definition) is 2. The summed E-state index contributed by atoms with van der Waals surface area (Å²) in [5, 5.41) is 2.75. The standard InChI is InChI=1S/C13H21N3O3/c1-10(2)19-13-11(4-3-6-15-13)8-16-12(17)9-18-7-5-14/h3-4,6,10H,5,7-9,14H2,1-2H3,(H,16,17). The number of nitrogens with one attached hydrogen (secondary N) is 1. The number of rotatable bonds is 8. The summed E-state index contributed by atoms with van der Waals surface area (Å²) in [6, 6.07) is 3.67. The summed E-state index contributed by atoms with van der Waals surface area (Å²) in [6.45, 7) is 5.01. The van der Waals surface area contributed by atoms with E-state index in [1.807, 2.05) is 19.9 Å². The van der Waals surface area contributed by atoms with Crippen LogP contribution >= 0.6 is 0 Å². The van der Waals surface area contributed by atoms with Gasteiger partial charge < -0.3 is 20.5 Å². The second-order valence-electron chi connectivity index (χ2n) is 4.25. The molecule has 0 atom stereocenters. The molecule has 1 aromatic rings. The fraction of sp³-hybridized carbons (Fsp3) is 0.538.